The van der Waals surface area contributed by atoms with Gasteiger partial charge in [-0.15, -0.1) is 11.3 Å². The molecule has 0 bridgehead atoms. The maximum atomic E-state index is 11.3. The molecule has 0 aliphatic rings. The molecule has 2 heterocycles. The molecule has 1 N–H and O–H groups in total. The lowest BCUT2D eigenvalue weighted by molar-refractivity contribution is 0.758. The number of hydrogen-bond donors (Lipinski definition) is 1. The lowest BCUT2D eigenvalue weighted by Crippen LogP contribution is -2.16. The largest absolute Gasteiger partial charge is 0.376 e. The Morgan fingerprint density at radius 3 is 2.82 bits per heavy atom. The second-order valence-corrected chi connectivity index (χ2v) is 4.97. The summed E-state index contributed by atoms with van der Waals surface area (Å²) in [5, 5.41) is 5.53. The first-order valence-electron chi connectivity index (χ1n) is 5.67. The molecule has 2 aromatic rings. The van der Waals surface area contributed by atoms with E-state index < -0.39 is 0 Å². The number of aromatic nitrogens is 1. The Hall–Kier alpha value is -1.55. The molecule has 0 aliphatic carbocycles. The van der Waals surface area contributed by atoms with E-state index in [0.717, 1.165) is 12.1 Å². The standard InChI is InChI=1S/C13H16N2OS/c1-3-11(12-5-4-8-17-12)14-10-6-7-13(16)15(2)9-10/h4-9,11,14H,3H2,1-2H3. The van der Waals surface area contributed by atoms with Gasteiger partial charge in [0.2, 0.25) is 5.56 Å². The maximum Gasteiger partial charge on any atom is 0.250 e. The minimum atomic E-state index is 0.0136. The lowest BCUT2D eigenvalue weighted by atomic mass is 10.2. The van der Waals surface area contributed by atoms with Crippen molar-refractivity contribution in [1.29, 1.82) is 0 Å². The Balaban J connectivity index is 2.19. The van der Waals surface area contributed by atoms with Crippen molar-refractivity contribution in [2.75, 3.05) is 5.32 Å². The molecule has 2 rings (SSSR count). The number of aryl methyl sites for hydroxylation is 1. The highest BCUT2D eigenvalue weighted by Gasteiger charge is 2.09. The fraction of sp³-hybridized carbons (Fsp3) is 0.308. The number of hydrogen-bond acceptors (Lipinski definition) is 3. The van der Waals surface area contributed by atoms with Gasteiger partial charge in [-0.3, -0.25) is 4.79 Å². The Kier molecular flexibility index (Phi) is 3.64. The number of pyridine rings is 1. The Morgan fingerprint density at radius 1 is 1.41 bits per heavy atom. The summed E-state index contributed by atoms with van der Waals surface area (Å²) in [5.41, 5.74) is 0.993. The number of nitrogens with zero attached hydrogens (tertiary/aromatic N) is 1. The van der Waals surface area contributed by atoms with Crippen LogP contribution in [0.4, 0.5) is 5.69 Å². The first-order valence-corrected chi connectivity index (χ1v) is 6.55. The van der Waals surface area contributed by atoms with Crippen LogP contribution in [0.25, 0.3) is 0 Å². The summed E-state index contributed by atoms with van der Waals surface area (Å²) in [6.07, 6.45) is 2.85. The van der Waals surface area contributed by atoms with Gasteiger partial charge in [-0.1, -0.05) is 13.0 Å². The molecule has 0 saturated heterocycles. The third kappa shape index (κ3) is 2.77. The maximum absolute atomic E-state index is 11.3. The monoisotopic (exact) mass is 248 g/mol. The van der Waals surface area contributed by atoms with Crippen LogP contribution in [0.5, 0.6) is 0 Å². The summed E-state index contributed by atoms with van der Waals surface area (Å²) in [4.78, 5) is 12.6. The molecule has 0 amide bonds. The smallest absolute Gasteiger partial charge is 0.250 e. The van der Waals surface area contributed by atoms with Gasteiger partial charge in [0.25, 0.3) is 0 Å². The summed E-state index contributed by atoms with van der Waals surface area (Å²) in [6, 6.07) is 7.92. The fourth-order valence-corrected chi connectivity index (χ4v) is 2.61. The molecule has 17 heavy (non-hydrogen) atoms. The topological polar surface area (TPSA) is 34.0 Å². The van der Waals surface area contributed by atoms with Gasteiger partial charge in [0.05, 0.1) is 11.7 Å². The number of anilines is 1. The van der Waals surface area contributed by atoms with Gasteiger partial charge in [0, 0.05) is 24.2 Å². The van der Waals surface area contributed by atoms with Crippen LogP contribution in [0.1, 0.15) is 24.3 Å². The Morgan fingerprint density at radius 2 is 2.24 bits per heavy atom. The molecule has 0 radical (unpaired) electrons. The second kappa shape index (κ2) is 5.19. The molecule has 0 fully saturated rings. The highest BCUT2D eigenvalue weighted by Crippen LogP contribution is 2.25. The summed E-state index contributed by atoms with van der Waals surface area (Å²) in [6.45, 7) is 2.15. The minimum Gasteiger partial charge on any atom is -0.376 e. The van der Waals surface area contributed by atoms with Crippen LogP contribution in [-0.2, 0) is 7.05 Å². The zero-order valence-electron chi connectivity index (χ0n) is 10.0. The van der Waals surface area contributed by atoms with E-state index in [0.29, 0.717) is 6.04 Å². The van der Waals surface area contributed by atoms with E-state index in [1.165, 1.54) is 4.88 Å². The molecule has 0 saturated carbocycles. The van der Waals surface area contributed by atoms with Crippen molar-refractivity contribution in [2.24, 2.45) is 7.05 Å². The first-order chi connectivity index (χ1) is 8.20. The van der Waals surface area contributed by atoms with Crippen molar-refractivity contribution < 1.29 is 0 Å². The van der Waals surface area contributed by atoms with Crippen molar-refractivity contribution in [3.8, 4) is 0 Å². The molecule has 0 spiro atoms. The van der Waals surface area contributed by atoms with Gasteiger partial charge in [-0.2, -0.15) is 0 Å². The zero-order chi connectivity index (χ0) is 12.3. The van der Waals surface area contributed by atoms with Crippen LogP contribution in [0.2, 0.25) is 0 Å². The van der Waals surface area contributed by atoms with Gasteiger partial charge in [-0.05, 0) is 23.9 Å². The van der Waals surface area contributed by atoms with E-state index in [4.69, 9.17) is 0 Å². The molecule has 1 atom stereocenters. The van der Waals surface area contributed by atoms with Gasteiger partial charge < -0.3 is 9.88 Å². The van der Waals surface area contributed by atoms with Gasteiger partial charge >= 0.3 is 0 Å². The molecular formula is C13H16N2OS. The van der Waals surface area contributed by atoms with Gasteiger partial charge in [0.1, 0.15) is 0 Å². The van der Waals surface area contributed by atoms with Gasteiger partial charge in [0.15, 0.2) is 0 Å². The van der Waals surface area contributed by atoms with Crippen molar-refractivity contribution in [3.63, 3.8) is 0 Å². The van der Waals surface area contributed by atoms with Crippen molar-refractivity contribution in [3.05, 3.63) is 51.1 Å². The van der Waals surface area contributed by atoms with Crippen molar-refractivity contribution >= 4 is 17.0 Å². The van der Waals surface area contributed by atoms with E-state index in [1.54, 1.807) is 29.0 Å². The summed E-state index contributed by atoms with van der Waals surface area (Å²) in [7, 11) is 1.76. The molecular weight excluding hydrogens is 232 g/mol. The second-order valence-electron chi connectivity index (χ2n) is 3.99. The highest BCUT2D eigenvalue weighted by atomic mass is 32.1. The van der Waals surface area contributed by atoms with Crippen LogP contribution in [-0.4, -0.2) is 4.57 Å². The van der Waals surface area contributed by atoms with E-state index in [1.807, 2.05) is 12.3 Å². The quantitative estimate of drug-likeness (QED) is 0.902. The number of thiophene rings is 1. The number of rotatable bonds is 4. The van der Waals surface area contributed by atoms with E-state index >= 15 is 0 Å². The van der Waals surface area contributed by atoms with Crippen LogP contribution >= 0.6 is 11.3 Å². The summed E-state index contributed by atoms with van der Waals surface area (Å²) < 4.78 is 1.59. The van der Waals surface area contributed by atoms with E-state index in [9.17, 15) is 4.79 Å². The van der Waals surface area contributed by atoms with E-state index in [-0.39, 0.29) is 5.56 Å². The summed E-state index contributed by atoms with van der Waals surface area (Å²) >= 11 is 1.75. The third-order valence-electron chi connectivity index (χ3n) is 2.72. The zero-order valence-corrected chi connectivity index (χ0v) is 10.8. The average molecular weight is 248 g/mol. The Bertz CT molecular complexity index is 531. The SMILES string of the molecule is CCC(Nc1ccc(=O)n(C)c1)c1cccs1. The molecule has 3 nitrogen and oxygen atoms in total. The van der Waals surface area contributed by atoms with Crippen LogP contribution < -0.4 is 10.9 Å². The molecule has 0 aromatic carbocycles. The predicted octanol–water partition coefficient (Wildman–Crippen LogP) is 3.01. The van der Waals surface area contributed by atoms with Crippen LogP contribution in [0.3, 0.4) is 0 Å². The molecule has 90 valence electrons. The average Bonchev–Trinajstić information content (AvgIpc) is 2.84. The molecule has 4 heteroatoms. The van der Waals surface area contributed by atoms with Crippen LogP contribution in [0, 0.1) is 0 Å². The Labute approximate surface area is 105 Å². The summed E-state index contributed by atoms with van der Waals surface area (Å²) in [5.74, 6) is 0. The molecule has 2 aromatic heterocycles. The molecule has 0 aliphatic heterocycles. The number of nitrogens with one attached hydrogen (secondary N) is 1. The van der Waals surface area contributed by atoms with Crippen molar-refractivity contribution in [2.45, 2.75) is 19.4 Å². The van der Waals surface area contributed by atoms with E-state index in [2.05, 4.69) is 29.8 Å². The predicted molar refractivity (Wildman–Crippen MR) is 72.7 cm³/mol. The first kappa shape index (κ1) is 11.9. The normalized spacial score (nSPS) is 12.4. The highest BCUT2D eigenvalue weighted by molar-refractivity contribution is 7.10. The van der Waals surface area contributed by atoms with Gasteiger partial charge in [-0.25, -0.2) is 0 Å². The third-order valence-corrected chi connectivity index (χ3v) is 3.71. The fourth-order valence-electron chi connectivity index (χ4n) is 1.74. The van der Waals surface area contributed by atoms with Crippen LogP contribution in [0.15, 0.2) is 40.6 Å². The minimum absolute atomic E-state index is 0.0136. The van der Waals surface area contributed by atoms with Crippen molar-refractivity contribution in [1.82, 2.24) is 4.57 Å². The lowest BCUT2D eigenvalue weighted by Gasteiger charge is -2.17. The molecule has 1 unspecified atom stereocenters.